The van der Waals surface area contributed by atoms with Crippen LogP contribution in [0.2, 0.25) is 0 Å². The largest absolute Gasteiger partial charge is 0.435 e. The maximum atomic E-state index is 13.0. The number of aliphatic imine (C=N–C) groups is 3. The highest BCUT2D eigenvalue weighted by atomic mass is 19.3. The molecule has 9 rings (SSSR count). The standard InChI is InChI=1S/3C18H17F2N3O2.B/c3*1-11-10-13(8-9-14(11)25-16(19)20)18(12-6-4-3-5-7-12)15(24)23(2)17(21)22-18;/h3*3-10,16H,1-2H3,(H2,21,22);/t2*18-;;/m10../s1. The van der Waals surface area contributed by atoms with Crippen LogP contribution in [0.5, 0.6) is 17.2 Å². The van der Waals surface area contributed by atoms with E-state index in [0.29, 0.717) is 50.1 Å². The molecule has 0 aliphatic carbocycles. The predicted octanol–water partition coefficient (Wildman–Crippen LogP) is 7.50. The zero-order chi connectivity index (χ0) is 54.6. The zero-order valence-electron chi connectivity index (χ0n) is 41.8. The molecule has 3 heterocycles. The Labute approximate surface area is 435 Å². The van der Waals surface area contributed by atoms with Crippen molar-refractivity contribution in [3.05, 3.63) is 196 Å². The van der Waals surface area contributed by atoms with Crippen LogP contribution in [0.3, 0.4) is 0 Å². The highest BCUT2D eigenvalue weighted by Gasteiger charge is 2.52. The average molecular weight is 1050 g/mol. The summed E-state index contributed by atoms with van der Waals surface area (Å²) in [7, 11) is 4.65. The van der Waals surface area contributed by atoms with Gasteiger partial charge in [0.2, 0.25) is 0 Å². The molecule has 0 aromatic heterocycles. The van der Waals surface area contributed by atoms with Crippen LogP contribution in [0.25, 0.3) is 0 Å². The molecule has 6 aromatic rings. The van der Waals surface area contributed by atoms with E-state index in [1.165, 1.54) is 32.9 Å². The van der Waals surface area contributed by atoms with Gasteiger partial charge in [-0.2, -0.15) is 26.3 Å². The Hall–Kier alpha value is -8.82. The van der Waals surface area contributed by atoms with Gasteiger partial charge in [-0.05, 0) is 107 Å². The van der Waals surface area contributed by atoms with Gasteiger partial charge in [0.1, 0.15) is 17.2 Å². The molecule has 0 saturated heterocycles. The van der Waals surface area contributed by atoms with Gasteiger partial charge in [-0.15, -0.1) is 0 Å². The number of carbonyl (C=O) groups is 3. The first-order valence-electron chi connectivity index (χ1n) is 22.8. The van der Waals surface area contributed by atoms with Crippen molar-refractivity contribution in [1.82, 2.24) is 14.7 Å². The normalized spacial score (nSPS) is 19.9. The van der Waals surface area contributed by atoms with Crippen LogP contribution in [0.15, 0.2) is 161 Å². The number of alkyl halides is 6. The quantitative estimate of drug-likeness (QED) is 0.0819. The van der Waals surface area contributed by atoms with Crippen molar-refractivity contribution in [1.29, 1.82) is 0 Å². The van der Waals surface area contributed by atoms with Crippen molar-refractivity contribution in [2.24, 2.45) is 32.2 Å². The first kappa shape index (κ1) is 56.5. The highest BCUT2D eigenvalue weighted by molar-refractivity contribution is 6.10. The summed E-state index contributed by atoms with van der Waals surface area (Å²) in [5, 5.41) is 0. The van der Waals surface area contributed by atoms with E-state index in [-0.39, 0.29) is 61.3 Å². The number of nitrogens with zero attached hydrogens (tertiary/aromatic N) is 6. The molecule has 1 unspecified atom stereocenters. The number of carbonyl (C=O) groups excluding carboxylic acids is 3. The van der Waals surface area contributed by atoms with Crippen LogP contribution in [-0.2, 0) is 31.0 Å². The number of guanidine groups is 3. The summed E-state index contributed by atoms with van der Waals surface area (Å²) >= 11 is 0. The molecule has 76 heavy (non-hydrogen) atoms. The van der Waals surface area contributed by atoms with Crippen molar-refractivity contribution in [3.8, 4) is 17.2 Å². The molecule has 6 aromatic carbocycles. The number of hydrogen-bond acceptors (Lipinski definition) is 12. The lowest BCUT2D eigenvalue weighted by Crippen LogP contribution is -2.41. The Balaban J connectivity index is 0.000000184. The van der Waals surface area contributed by atoms with E-state index in [2.05, 4.69) is 29.2 Å². The molecule has 0 saturated carbocycles. The molecular weight excluding hydrogens is 995 g/mol. The van der Waals surface area contributed by atoms with Crippen LogP contribution in [0.1, 0.15) is 50.1 Å². The smallest absolute Gasteiger partial charge is 0.387 e. The maximum Gasteiger partial charge on any atom is 0.387 e. The summed E-state index contributed by atoms with van der Waals surface area (Å²) in [4.78, 5) is 56.1. The van der Waals surface area contributed by atoms with Crippen LogP contribution in [-0.4, -0.2) is 99.7 Å². The van der Waals surface area contributed by atoms with Gasteiger partial charge in [0, 0.05) is 29.6 Å². The summed E-state index contributed by atoms with van der Waals surface area (Å²) in [5.41, 5.74) is 18.6. The lowest BCUT2D eigenvalue weighted by Gasteiger charge is -2.26. The van der Waals surface area contributed by atoms with E-state index in [4.69, 9.17) is 17.2 Å². The van der Waals surface area contributed by atoms with Crippen molar-refractivity contribution in [2.45, 2.75) is 57.2 Å². The molecule has 3 atom stereocenters. The second kappa shape index (κ2) is 22.7. The van der Waals surface area contributed by atoms with Crippen molar-refractivity contribution >= 4 is 44.0 Å². The van der Waals surface area contributed by atoms with Crippen molar-refractivity contribution < 1.29 is 54.9 Å². The fourth-order valence-corrected chi connectivity index (χ4v) is 8.90. The van der Waals surface area contributed by atoms with Crippen molar-refractivity contribution in [3.63, 3.8) is 0 Å². The predicted molar refractivity (Wildman–Crippen MR) is 274 cm³/mol. The number of nitrogens with two attached hydrogens (primary N) is 3. The third-order valence-corrected chi connectivity index (χ3v) is 12.7. The Morgan fingerprint density at radius 1 is 0.395 bits per heavy atom. The Bertz CT molecular complexity index is 2860. The van der Waals surface area contributed by atoms with E-state index >= 15 is 0 Å². The maximum absolute atomic E-state index is 13.0. The van der Waals surface area contributed by atoms with E-state index < -0.39 is 36.5 Å². The first-order chi connectivity index (χ1) is 35.6. The van der Waals surface area contributed by atoms with E-state index in [1.54, 1.807) is 151 Å². The molecule has 6 N–H and O–H groups in total. The van der Waals surface area contributed by atoms with E-state index in [1.807, 2.05) is 18.2 Å². The van der Waals surface area contributed by atoms with Gasteiger partial charge in [-0.25, -0.2) is 15.0 Å². The second-order valence-corrected chi connectivity index (χ2v) is 17.3. The number of hydrogen-bond donors (Lipinski definition) is 3. The van der Waals surface area contributed by atoms with E-state index in [9.17, 15) is 40.7 Å². The van der Waals surface area contributed by atoms with Crippen molar-refractivity contribution in [2.75, 3.05) is 21.1 Å². The first-order valence-corrected chi connectivity index (χ1v) is 22.8. The second-order valence-electron chi connectivity index (χ2n) is 17.3. The molecule has 3 aliphatic heterocycles. The van der Waals surface area contributed by atoms with Gasteiger partial charge in [0.15, 0.2) is 34.5 Å². The number of benzene rings is 6. The number of halogens is 6. The van der Waals surface area contributed by atoms with Gasteiger partial charge >= 0.3 is 19.8 Å². The van der Waals surface area contributed by atoms with Gasteiger partial charge in [0.05, 0.1) is 0 Å². The number of amides is 3. The Morgan fingerprint density at radius 3 is 0.789 bits per heavy atom. The molecule has 3 aliphatic rings. The minimum atomic E-state index is -2.92. The lowest BCUT2D eigenvalue weighted by molar-refractivity contribution is -0.130. The van der Waals surface area contributed by atoms with Crippen LogP contribution >= 0.6 is 0 Å². The van der Waals surface area contributed by atoms with Crippen LogP contribution in [0.4, 0.5) is 26.3 Å². The molecule has 22 heteroatoms. The molecule has 393 valence electrons. The van der Waals surface area contributed by atoms with Crippen LogP contribution < -0.4 is 31.4 Å². The molecule has 15 nitrogen and oxygen atoms in total. The third kappa shape index (κ3) is 10.6. The zero-order valence-corrected chi connectivity index (χ0v) is 41.8. The van der Waals surface area contributed by atoms with Gasteiger partial charge in [-0.1, -0.05) is 109 Å². The van der Waals surface area contributed by atoms with Gasteiger partial charge in [-0.3, -0.25) is 29.1 Å². The van der Waals surface area contributed by atoms with Crippen LogP contribution in [0, 0.1) is 20.8 Å². The highest BCUT2D eigenvalue weighted by Crippen LogP contribution is 2.43. The summed E-state index contributed by atoms with van der Waals surface area (Å²) in [6.45, 7) is -3.84. The summed E-state index contributed by atoms with van der Waals surface area (Å²) in [6.07, 6.45) is 0. The molecule has 3 amide bonds. The minimum Gasteiger partial charge on any atom is -0.435 e. The van der Waals surface area contributed by atoms with E-state index in [0.717, 1.165) is 0 Å². The summed E-state index contributed by atoms with van der Waals surface area (Å²) in [6, 6.07) is 40.8. The fraction of sp³-hybridized carbons (Fsp3) is 0.222. The molecule has 3 radical (unpaired) electrons. The monoisotopic (exact) mass is 1050 g/mol. The SMILES string of the molecule is Cc1cc(C2(c3ccccc3)N=C(N)N(C)C2=O)ccc1OC(F)F.Cc1cc([C@@]2(c3ccccc3)N=C(N)N(C)C2=O)ccc1OC(F)F.Cc1cc([C@]2(c3ccccc3)N=C(N)N(C)C2=O)ccc1OC(F)F.[B]. The Morgan fingerprint density at radius 2 is 0.618 bits per heavy atom. The molecule has 0 fully saturated rings. The van der Waals surface area contributed by atoms with Gasteiger partial charge < -0.3 is 31.4 Å². The topological polar surface area (TPSA) is 204 Å². The Kier molecular flexibility index (Phi) is 16.9. The minimum absolute atomic E-state index is 0. The summed E-state index contributed by atoms with van der Waals surface area (Å²) < 4.78 is 88.4. The molecular formula is C54H51BF6N9O6. The number of aryl methyl sites for hydroxylation is 3. The number of ether oxygens (including phenoxy) is 3. The fourth-order valence-electron chi connectivity index (χ4n) is 8.90. The number of rotatable bonds is 12. The molecule has 0 bridgehead atoms. The summed E-state index contributed by atoms with van der Waals surface area (Å²) in [5.74, 6) is -0.472. The average Bonchev–Trinajstić information content (AvgIpc) is 3.87. The number of likely N-dealkylation sites (N-methyl/N-ethyl adjacent to an activating group) is 3. The third-order valence-electron chi connectivity index (χ3n) is 12.7. The lowest BCUT2D eigenvalue weighted by atomic mass is 9.82. The van der Waals surface area contributed by atoms with Gasteiger partial charge in [0.25, 0.3) is 17.7 Å². The molecule has 0 spiro atoms.